The van der Waals surface area contributed by atoms with Gasteiger partial charge in [0.25, 0.3) is 0 Å². The van der Waals surface area contributed by atoms with Gasteiger partial charge in [-0.25, -0.2) is 0 Å². The molecule has 0 unspecified atom stereocenters. The van der Waals surface area contributed by atoms with Gasteiger partial charge in [-0.3, -0.25) is 9.59 Å². The molecule has 2 heterocycles. The Bertz CT molecular complexity index is 1200. The van der Waals surface area contributed by atoms with Gasteiger partial charge in [0.05, 0.1) is 25.0 Å². The van der Waals surface area contributed by atoms with Crippen LogP contribution >= 0.6 is 0 Å². The minimum atomic E-state index is -0.943. The molecule has 288 valence electrons. The molecule has 0 N–H and O–H groups in total. The van der Waals surface area contributed by atoms with Gasteiger partial charge in [-0.05, 0) is 126 Å². The van der Waals surface area contributed by atoms with E-state index < -0.39 is 23.1 Å². The molecule has 0 amide bonds. The van der Waals surface area contributed by atoms with Crippen LogP contribution in [0.3, 0.4) is 0 Å². The zero-order valence-electron chi connectivity index (χ0n) is 30.4. The Labute approximate surface area is 305 Å². The van der Waals surface area contributed by atoms with Crippen LogP contribution in [0.2, 0.25) is 0 Å². The normalized spacial score (nSPS) is 50.2. The van der Waals surface area contributed by atoms with Crippen molar-refractivity contribution in [3.63, 3.8) is 0 Å². The highest BCUT2D eigenvalue weighted by Crippen LogP contribution is 2.63. The highest BCUT2D eigenvalue weighted by atomic mass is 17.4. The molecule has 0 aromatic heterocycles. The second-order valence-corrected chi connectivity index (χ2v) is 18.5. The number of rotatable bonds is 8. The molecule has 10 aliphatic carbocycles. The molecule has 12 fully saturated rings. The van der Waals surface area contributed by atoms with Gasteiger partial charge in [0, 0.05) is 49.4 Å². The molecule has 2 aliphatic heterocycles. The summed E-state index contributed by atoms with van der Waals surface area (Å²) in [7, 11) is 0. The van der Waals surface area contributed by atoms with Crippen molar-refractivity contribution in [3.8, 4) is 0 Å². The maximum Gasteiger partial charge on any atom is 0.308 e. The van der Waals surface area contributed by atoms with Gasteiger partial charge in [0.2, 0.25) is 23.1 Å². The minimum Gasteiger partial charge on any atom is -0.465 e. The Balaban J connectivity index is 0.586. The van der Waals surface area contributed by atoms with E-state index in [1.54, 1.807) is 0 Å². The van der Waals surface area contributed by atoms with E-state index in [2.05, 4.69) is 0 Å². The number of carbonyl (C=O) groups is 2. The summed E-state index contributed by atoms with van der Waals surface area (Å²) in [5.41, 5.74) is 0. The zero-order chi connectivity index (χ0) is 35.0. The van der Waals surface area contributed by atoms with Crippen LogP contribution in [-0.4, -0.2) is 48.3 Å². The van der Waals surface area contributed by atoms with E-state index in [0.29, 0.717) is 101 Å². The predicted octanol–water partition coefficient (Wildman–Crippen LogP) is 7.31. The molecule has 12 aliphatic rings. The molecule has 0 atom stereocenters. The minimum absolute atomic E-state index is 0.184. The summed E-state index contributed by atoms with van der Waals surface area (Å²) in [4.78, 5) is 74.1. The van der Waals surface area contributed by atoms with Crippen molar-refractivity contribution in [1.82, 2.24) is 0 Å². The average molecular weight is 729 g/mol. The Morgan fingerprint density at radius 3 is 1.08 bits per heavy atom. The van der Waals surface area contributed by atoms with Crippen LogP contribution in [0.25, 0.3) is 0 Å². The summed E-state index contributed by atoms with van der Waals surface area (Å²) in [5.74, 6) is 0.366. The lowest BCUT2D eigenvalue weighted by atomic mass is 9.53. The molecule has 52 heavy (non-hydrogen) atoms. The van der Waals surface area contributed by atoms with Crippen molar-refractivity contribution < 1.29 is 58.2 Å². The lowest BCUT2D eigenvalue weighted by molar-refractivity contribution is -0.680. The maximum atomic E-state index is 12.8. The summed E-state index contributed by atoms with van der Waals surface area (Å²) in [6.07, 6.45) is 21.4. The monoisotopic (exact) mass is 728 g/mol. The third-order valence-corrected chi connectivity index (χ3v) is 15.2. The van der Waals surface area contributed by atoms with Gasteiger partial charge in [-0.2, -0.15) is 39.1 Å². The van der Waals surface area contributed by atoms with E-state index in [-0.39, 0.29) is 23.8 Å². The highest BCUT2D eigenvalue weighted by molar-refractivity contribution is 5.73. The highest BCUT2D eigenvalue weighted by Gasteiger charge is 2.66. The standard InChI is InChI=1S/C40H56O12/c41-35(29-5-9-37(10-6-29)45-49-39(50-46-37)31-17-25-15-26(19-31)20-32(39)18-25)43-13-3-1-2-4-14-44-36(42)30-7-11-38(12-8-30)47-51-40(52-48-38)33-21-27-16-28(23-33)24-34(40)22-27/h1-2,25-34H,3-24H2/b2-1+. The molecule has 8 bridgehead atoms. The molecule has 0 aromatic carbocycles. The van der Waals surface area contributed by atoms with Crippen molar-refractivity contribution in [3.05, 3.63) is 12.2 Å². The summed E-state index contributed by atoms with van der Waals surface area (Å²) >= 11 is 0. The van der Waals surface area contributed by atoms with Crippen LogP contribution in [0.4, 0.5) is 0 Å². The second-order valence-electron chi connectivity index (χ2n) is 18.5. The van der Waals surface area contributed by atoms with Gasteiger partial charge in [-0.1, -0.05) is 12.2 Å². The molecule has 12 nitrogen and oxygen atoms in total. The molecule has 4 spiro atoms. The molecule has 2 saturated heterocycles. The number of ether oxygens (including phenoxy) is 2. The third-order valence-electron chi connectivity index (χ3n) is 15.2. The largest absolute Gasteiger partial charge is 0.465 e. The maximum absolute atomic E-state index is 12.8. The Kier molecular flexibility index (Phi) is 9.06. The van der Waals surface area contributed by atoms with E-state index in [1.807, 2.05) is 12.2 Å². The molecular formula is C40H56O12. The molecule has 0 radical (unpaired) electrons. The smallest absolute Gasteiger partial charge is 0.308 e. The third kappa shape index (κ3) is 6.10. The quantitative estimate of drug-likeness (QED) is 0.108. The SMILES string of the molecule is O=C(OCC/C=C/CCOC(=O)C1CCC2(CC1)OOC1(OO2)C2CC3CC(C2)CC1C3)C1CCC2(CC1)OOC1(OO2)C2CC3CC(C2)CC1C3. The fourth-order valence-electron chi connectivity index (χ4n) is 12.7. The fourth-order valence-corrected chi connectivity index (χ4v) is 12.7. The van der Waals surface area contributed by atoms with Crippen LogP contribution < -0.4 is 0 Å². The van der Waals surface area contributed by atoms with Gasteiger partial charge in [0.15, 0.2) is 0 Å². The van der Waals surface area contributed by atoms with Crippen molar-refractivity contribution in [2.24, 2.45) is 59.2 Å². The van der Waals surface area contributed by atoms with Crippen molar-refractivity contribution in [2.45, 2.75) is 152 Å². The van der Waals surface area contributed by atoms with Gasteiger partial charge in [0.1, 0.15) is 0 Å². The van der Waals surface area contributed by atoms with Gasteiger partial charge >= 0.3 is 11.9 Å². The lowest BCUT2D eigenvalue weighted by Crippen LogP contribution is -2.64. The Hall–Kier alpha value is -1.64. The van der Waals surface area contributed by atoms with Crippen LogP contribution in [-0.2, 0) is 58.2 Å². The molecule has 12 rings (SSSR count). The second kappa shape index (κ2) is 13.5. The number of carbonyl (C=O) groups excluding carboxylic acids is 2. The molecule has 12 heteroatoms. The topological polar surface area (TPSA) is 126 Å². The number of hydrogen-bond acceptors (Lipinski definition) is 12. The predicted molar refractivity (Wildman–Crippen MR) is 178 cm³/mol. The van der Waals surface area contributed by atoms with Crippen LogP contribution in [0.5, 0.6) is 0 Å². The fraction of sp³-hybridized carbons (Fsp3) is 0.900. The summed E-state index contributed by atoms with van der Waals surface area (Å²) in [5, 5.41) is 0. The van der Waals surface area contributed by atoms with Crippen molar-refractivity contribution in [1.29, 1.82) is 0 Å². The number of esters is 2. The zero-order valence-corrected chi connectivity index (χ0v) is 30.4. The first-order valence-corrected chi connectivity index (χ1v) is 20.8. The Morgan fingerprint density at radius 2 is 0.769 bits per heavy atom. The van der Waals surface area contributed by atoms with E-state index in [1.165, 1.54) is 12.8 Å². The Morgan fingerprint density at radius 1 is 0.462 bits per heavy atom. The van der Waals surface area contributed by atoms with E-state index in [4.69, 9.17) is 48.6 Å². The van der Waals surface area contributed by atoms with Crippen LogP contribution in [0.15, 0.2) is 12.2 Å². The van der Waals surface area contributed by atoms with Crippen LogP contribution in [0, 0.1) is 59.2 Å². The summed E-state index contributed by atoms with van der Waals surface area (Å²) in [6, 6.07) is 0. The van der Waals surface area contributed by atoms with Gasteiger partial charge < -0.3 is 9.47 Å². The average Bonchev–Trinajstić information content (AvgIpc) is 3.15. The van der Waals surface area contributed by atoms with Crippen molar-refractivity contribution >= 4 is 11.9 Å². The molecular weight excluding hydrogens is 672 g/mol. The molecule has 0 aromatic rings. The van der Waals surface area contributed by atoms with Crippen molar-refractivity contribution in [2.75, 3.05) is 13.2 Å². The summed E-state index contributed by atoms with van der Waals surface area (Å²) < 4.78 is 11.2. The lowest BCUT2D eigenvalue weighted by Gasteiger charge is -2.60. The van der Waals surface area contributed by atoms with E-state index in [0.717, 1.165) is 75.0 Å². The number of hydrogen-bond donors (Lipinski definition) is 0. The van der Waals surface area contributed by atoms with E-state index >= 15 is 0 Å². The van der Waals surface area contributed by atoms with Gasteiger partial charge in [-0.15, -0.1) is 0 Å². The first kappa shape index (κ1) is 34.8. The van der Waals surface area contributed by atoms with E-state index in [9.17, 15) is 9.59 Å². The van der Waals surface area contributed by atoms with Crippen LogP contribution in [0.1, 0.15) is 128 Å². The first-order chi connectivity index (χ1) is 25.3. The summed E-state index contributed by atoms with van der Waals surface area (Å²) in [6.45, 7) is 0.627. The first-order valence-electron chi connectivity index (χ1n) is 20.8. The molecule has 10 saturated carbocycles.